The third kappa shape index (κ3) is 9.76. The monoisotopic (exact) mass is 425 g/mol. The summed E-state index contributed by atoms with van der Waals surface area (Å²) in [6, 6.07) is -0.257. The van der Waals surface area contributed by atoms with Crippen molar-refractivity contribution in [3.8, 4) is 0 Å². The quantitative estimate of drug-likeness (QED) is 0.254. The van der Waals surface area contributed by atoms with E-state index in [1.54, 1.807) is 13.0 Å². The van der Waals surface area contributed by atoms with E-state index < -0.39 is 20.0 Å². The molecule has 0 aromatic heterocycles. The predicted octanol–water partition coefficient (Wildman–Crippen LogP) is 6.12. The molecule has 0 aliphatic heterocycles. The van der Waals surface area contributed by atoms with Crippen LogP contribution in [-0.4, -0.2) is 49.9 Å². The molecule has 0 saturated heterocycles. The zero-order valence-electron chi connectivity index (χ0n) is 20.5. The Morgan fingerprint density at radius 1 is 1.10 bits per heavy atom. The fraction of sp³-hybridized carbons (Fsp3) is 0.739. The lowest BCUT2D eigenvalue weighted by Gasteiger charge is -2.36. The average Bonchev–Trinajstić information content (AvgIpc) is 2.53. The lowest BCUT2D eigenvalue weighted by Crippen LogP contribution is -2.45. The predicted molar refractivity (Wildman–Crippen MR) is 124 cm³/mol. The zero-order valence-corrected chi connectivity index (χ0v) is 21.5. The number of amides is 1. The number of ether oxygens (including phenoxy) is 1. The Morgan fingerprint density at radius 2 is 1.66 bits per heavy atom. The van der Waals surface area contributed by atoms with Crippen LogP contribution in [0.25, 0.3) is 0 Å². The molecule has 0 aliphatic rings. The van der Waals surface area contributed by atoms with Crippen LogP contribution in [0.2, 0.25) is 18.1 Å². The highest BCUT2D eigenvalue weighted by Crippen LogP contribution is 2.36. The van der Waals surface area contributed by atoms with Crippen LogP contribution in [0.3, 0.4) is 0 Å². The molecule has 0 bridgehead atoms. The summed E-state index contributed by atoms with van der Waals surface area (Å²) >= 11 is 0. The van der Waals surface area contributed by atoms with E-state index >= 15 is 0 Å². The summed E-state index contributed by atoms with van der Waals surface area (Å²) in [6.07, 6.45) is 5.51. The molecule has 29 heavy (non-hydrogen) atoms. The van der Waals surface area contributed by atoms with Crippen molar-refractivity contribution in [3.63, 3.8) is 0 Å². The van der Waals surface area contributed by atoms with Crippen LogP contribution in [0.4, 0.5) is 4.79 Å². The first kappa shape index (κ1) is 27.6. The minimum absolute atomic E-state index is 0.0130. The third-order valence-electron chi connectivity index (χ3n) is 5.32. The van der Waals surface area contributed by atoms with Gasteiger partial charge in [0.1, 0.15) is 5.60 Å². The van der Waals surface area contributed by atoms with E-state index in [-0.39, 0.29) is 23.4 Å². The van der Waals surface area contributed by atoms with E-state index in [2.05, 4.69) is 46.9 Å². The van der Waals surface area contributed by atoms with Crippen LogP contribution in [0.5, 0.6) is 0 Å². The highest BCUT2D eigenvalue weighted by atomic mass is 28.4. The van der Waals surface area contributed by atoms with Crippen LogP contribution in [0, 0.1) is 0 Å². The van der Waals surface area contributed by atoms with E-state index in [4.69, 9.17) is 9.16 Å². The van der Waals surface area contributed by atoms with Gasteiger partial charge >= 0.3 is 6.09 Å². The summed E-state index contributed by atoms with van der Waals surface area (Å²) in [6.45, 7) is 22.8. The molecule has 0 N–H and O–H groups in total. The van der Waals surface area contributed by atoms with Gasteiger partial charge in [0.25, 0.3) is 0 Å². The second-order valence-corrected chi connectivity index (χ2v) is 14.8. The van der Waals surface area contributed by atoms with Crippen LogP contribution in [-0.2, 0) is 14.0 Å². The molecule has 0 rings (SSSR count). The summed E-state index contributed by atoms with van der Waals surface area (Å²) in [5.74, 6) is -0.127. The highest BCUT2D eigenvalue weighted by Gasteiger charge is 2.37. The van der Waals surface area contributed by atoms with Crippen molar-refractivity contribution in [2.45, 2.75) is 98.5 Å². The number of carbonyl (C=O) groups excluding carboxylic acids is 2. The molecule has 6 heteroatoms. The van der Waals surface area contributed by atoms with Crippen LogP contribution < -0.4 is 0 Å². The van der Waals surface area contributed by atoms with Gasteiger partial charge in [0.15, 0.2) is 14.1 Å². The van der Waals surface area contributed by atoms with E-state index in [0.29, 0.717) is 6.61 Å². The van der Waals surface area contributed by atoms with Gasteiger partial charge in [-0.3, -0.25) is 9.69 Å². The Morgan fingerprint density at radius 3 is 2.07 bits per heavy atom. The molecule has 0 radical (unpaired) electrons. The molecular formula is C23H43NO4Si. The van der Waals surface area contributed by atoms with Gasteiger partial charge in [-0.15, -0.1) is 0 Å². The number of rotatable bonds is 9. The average molecular weight is 426 g/mol. The number of hydrogen-bond donors (Lipinski definition) is 0. The number of hydrogen-bond acceptors (Lipinski definition) is 4. The largest absolute Gasteiger partial charge is 0.444 e. The first-order valence-electron chi connectivity index (χ1n) is 10.5. The Kier molecular flexibility index (Phi) is 10.6. The van der Waals surface area contributed by atoms with Gasteiger partial charge in [0.2, 0.25) is 0 Å². The fourth-order valence-electron chi connectivity index (χ4n) is 2.47. The molecule has 0 aromatic rings. The van der Waals surface area contributed by atoms with Crippen molar-refractivity contribution >= 4 is 20.2 Å². The molecule has 1 unspecified atom stereocenters. The first-order chi connectivity index (χ1) is 13.1. The Bertz CT molecular complexity index is 609. The molecular weight excluding hydrogens is 382 g/mol. The number of carbonyl (C=O) groups is 2. The lowest BCUT2D eigenvalue weighted by molar-refractivity contribution is -0.116. The van der Waals surface area contributed by atoms with Crippen molar-refractivity contribution in [3.05, 3.63) is 23.8 Å². The van der Waals surface area contributed by atoms with Crippen LogP contribution >= 0.6 is 0 Å². The van der Waals surface area contributed by atoms with Gasteiger partial charge < -0.3 is 9.16 Å². The van der Waals surface area contributed by atoms with E-state index in [1.165, 1.54) is 11.0 Å². The lowest BCUT2D eigenvalue weighted by atomic mass is 10.0. The van der Waals surface area contributed by atoms with E-state index in [0.717, 1.165) is 12.0 Å². The summed E-state index contributed by atoms with van der Waals surface area (Å²) in [5, 5.41) is 0.139. The molecule has 0 fully saturated rings. The summed E-state index contributed by atoms with van der Waals surface area (Å²) < 4.78 is 11.8. The van der Waals surface area contributed by atoms with Gasteiger partial charge in [-0.25, -0.2) is 4.79 Å². The maximum Gasteiger partial charge on any atom is 0.411 e. The second-order valence-electron chi connectivity index (χ2n) is 9.95. The minimum Gasteiger partial charge on any atom is -0.444 e. The van der Waals surface area contributed by atoms with Crippen molar-refractivity contribution < 1.29 is 18.8 Å². The van der Waals surface area contributed by atoms with Crippen molar-refractivity contribution in [2.75, 3.05) is 13.2 Å². The maximum atomic E-state index is 12.8. The standard InChI is InChI=1S/C23H43NO4Si/c1-12-14-20(25)17-24(21(26)28-22(4,5)6)18(3)19(13-2)15-16-27-29(10,11)23(7,8)9/h12,14-15,18H,13,16-17H2,1-11H3. The Hall–Kier alpha value is -1.40. The van der Waals surface area contributed by atoms with E-state index in [9.17, 15) is 9.59 Å². The number of ketones is 1. The van der Waals surface area contributed by atoms with Crippen LogP contribution in [0.15, 0.2) is 23.8 Å². The normalized spacial score (nSPS) is 14.8. The van der Waals surface area contributed by atoms with Gasteiger partial charge in [0.05, 0.1) is 19.2 Å². The van der Waals surface area contributed by atoms with Gasteiger partial charge in [-0.05, 0) is 70.8 Å². The molecule has 1 amide bonds. The zero-order chi connectivity index (χ0) is 23.0. The topological polar surface area (TPSA) is 55.8 Å². The molecule has 5 nitrogen and oxygen atoms in total. The molecule has 168 valence electrons. The number of allylic oxidation sites excluding steroid dienone is 1. The fourth-order valence-corrected chi connectivity index (χ4v) is 3.40. The molecule has 0 spiro atoms. The van der Waals surface area contributed by atoms with Gasteiger partial charge in [0, 0.05) is 0 Å². The molecule has 0 saturated carbocycles. The molecule has 0 heterocycles. The smallest absolute Gasteiger partial charge is 0.411 e. The minimum atomic E-state index is -1.85. The summed E-state index contributed by atoms with van der Waals surface area (Å²) in [5.41, 5.74) is 0.433. The highest BCUT2D eigenvalue weighted by molar-refractivity contribution is 6.74. The molecule has 1 atom stereocenters. The van der Waals surface area contributed by atoms with Crippen molar-refractivity contribution in [1.82, 2.24) is 4.90 Å². The Labute approximate surface area is 179 Å². The number of nitrogens with zero attached hydrogens (tertiary/aromatic N) is 1. The summed E-state index contributed by atoms with van der Waals surface area (Å²) in [4.78, 5) is 26.5. The Balaban J connectivity index is 5.55. The van der Waals surface area contributed by atoms with E-state index in [1.807, 2.05) is 27.7 Å². The first-order valence-corrected chi connectivity index (χ1v) is 13.4. The van der Waals surface area contributed by atoms with Gasteiger partial charge in [-0.1, -0.05) is 39.8 Å². The second kappa shape index (κ2) is 11.1. The van der Waals surface area contributed by atoms with Gasteiger partial charge in [-0.2, -0.15) is 0 Å². The maximum absolute atomic E-state index is 12.8. The third-order valence-corrected chi connectivity index (χ3v) is 9.82. The molecule has 0 aromatic carbocycles. The SMILES string of the molecule is CC=CC(=O)CN(C(=O)OC(C)(C)C)C(C)C(=CCO[Si](C)(C)C(C)(C)C)CC. The summed E-state index contributed by atoms with van der Waals surface area (Å²) in [7, 11) is -1.85. The molecule has 0 aliphatic carbocycles. The van der Waals surface area contributed by atoms with Crippen molar-refractivity contribution in [2.24, 2.45) is 0 Å². The van der Waals surface area contributed by atoms with Crippen molar-refractivity contribution in [1.29, 1.82) is 0 Å². The van der Waals surface area contributed by atoms with Crippen LogP contribution in [0.1, 0.15) is 68.7 Å².